The number of hydrogen-bond donors (Lipinski definition) is 2. The van der Waals surface area contributed by atoms with E-state index in [1.54, 1.807) is 30.0 Å². The Hall–Kier alpha value is -0.130. The molecule has 1 aromatic carbocycles. The fourth-order valence-electron chi connectivity index (χ4n) is 1.47. The second kappa shape index (κ2) is 8.35. The van der Waals surface area contributed by atoms with Crippen LogP contribution in [0.2, 0.25) is 10.0 Å². The molecule has 2 N–H and O–H groups in total. The van der Waals surface area contributed by atoms with Crippen LogP contribution >= 0.6 is 35.0 Å². The van der Waals surface area contributed by atoms with Crippen LogP contribution in [0.1, 0.15) is 13.8 Å². The first-order valence-corrected chi connectivity index (χ1v) is 8.34. The molecule has 0 fully saturated rings. The summed E-state index contributed by atoms with van der Waals surface area (Å²) in [6.07, 6.45) is 1.46. The molecule has 0 aliphatic heterocycles. The van der Waals surface area contributed by atoms with E-state index in [0.717, 1.165) is 6.54 Å². The molecule has 1 atom stereocenters. The van der Waals surface area contributed by atoms with Gasteiger partial charge in [-0.1, -0.05) is 29.3 Å². The van der Waals surface area contributed by atoms with Crippen LogP contribution in [0.5, 0.6) is 5.75 Å². The highest BCUT2D eigenvalue weighted by Crippen LogP contribution is 2.32. The van der Waals surface area contributed by atoms with E-state index in [4.69, 9.17) is 27.9 Å². The van der Waals surface area contributed by atoms with E-state index >= 15 is 0 Å². The molecule has 1 rings (SSSR count). The summed E-state index contributed by atoms with van der Waals surface area (Å²) in [6.45, 7) is 5.73. The highest BCUT2D eigenvalue weighted by atomic mass is 35.5. The molecule has 0 radical (unpaired) electrons. The summed E-state index contributed by atoms with van der Waals surface area (Å²) in [6, 6.07) is 5.16. The zero-order valence-electron chi connectivity index (χ0n) is 12.0. The van der Waals surface area contributed by atoms with E-state index in [2.05, 4.69) is 25.4 Å². The zero-order chi connectivity index (χ0) is 15.2. The summed E-state index contributed by atoms with van der Waals surface area (Å²) in [5.41, 5.74) is 0. The van der Waals surface area contributed by atoms with Crippen LogP contribution in [-0.2, 0) is 0 Å². The van der Waals surface area contributed by atoms with Gasteiger partial charge in [0.05, 0.1) is 10.0 Å². The van der Waals surface area contributed by atoms with Gasteiger partial charge in [0, 0.05) is 17.8 Å². The largest absolute Gasteiger partial charge is 0.488 e. The molecule has 6 heteroatoms. The normalized spacial score (nSPS) is 13.3. The Balaban J connectivity index is 2.35. The van der Waals surface area contributed by atoms with Crippen LogP contribution in [0.15, 0.2) is 18.2 Å². The maximum absolute atomic E-state index is 9.88. The lowest BCUT2D eigenvalue weighted by Crippen LogP contribution is -2.38. The Kier molecular flexibility index (Phi) is 7.48. The average Bonchev–Trinajstić information content (AvgIpc) is 2.38. The van der Waals surface area contributed by atoms with Crippen molar-refractivity contribution in [1.82, 2.24) is 5.32 Å². The number of rotatable bonds is 8. The van der Waals surface area contributed by atoms with Crippen molar-refractivity contribution in [2.45, 2.75) is 24.7 Å². The van der Waals surface area contributed by atoms with Crippen LogP contribution in [0.3, 0.4) is 0 Å². The lowest BCUT2D eigenvalue weighted by molar-refractivity contribution is 0.106. The summed E-state index contributed by atoms with van der Waals surface area (Å²) < 4.78 is 5.62. The van der Waals surface area contributed by atoms with Gasteiger partial charge in [-0.2, -0.15) is 11.8 Å². The minimum atomic E-state index is -0.611. The number of aliphatic hydroxyl groups excluding tert-OH is 1. The fraction of sp³-hybridized carbons (Fsp3) is 0.571. The molecule has 114 valence electrons. The van der Waals surface area contributed by atoms with Gasteiger partial charge in [0.1, 0.15) is 12.7 Å². The molecule has 0 saturated heterocycles. The lowest BCUT2D eigenvalue weighted by Gasteiger charge is -2.23. The van der Waals surface area contributed by atoms with Gasteiger partial charge in [-0.15, -0.1) is 0 Å². The molecule has 1 unspecified atom stereocenters. The maximum Gasteiger partial charge on any atom is 0.156 e. The minimum Gasteiger partial charge on any atom is -0.488 e. The van der Waals surface area contributed by atoms with E-state index in [-0.39, 0.29) is 11.4 Å². The van der Waals surface area contributed by atoms with E-state index in [1.165, 1.54) is 0 Å². The molecule has 0 spiro atoms. The first kappa shape index (κ1) is 17.9. The molecule has 0 heterocycles. The van der Waals surface area contributed by atoms with Crippen LogP contribution in [0, 0.1) is 0 Å². The number of nitrogens with one attached hydrogen (secondary N) is 1. The number of thioether (sulfide) groups is 1. The topological polar surface area (TPSA) is 41.5 Å². The molecule has 0 amide bonds. The van der Waals surface area contributed by atoms with Gasteiger partial charge >= 0.3 is 0 Å². The van der Waals surface area contributed by atoms with Crippen molar-refractivity contribution in [2.75, 3.05) is 26.0 Å². The Morgan fingerprint density at radius 2 is 1.95 bits per heavy atom. The smallest absolute Gasteiger partial charge is 0.156 e. The molecule has 0 bridgehead atoms. The molecule has 0 saturated carbocycles. The highest BCUT2D eigenvalue weighted by Gasteiger charge is 2.16. The van der Waals surface area contributed by atoms with Crippen molar-refractivity contribution in [1.29, 1.82) is 0 Å². The summed E-state index contributed by atoms with van der Waals surface area (Å²) >= 11 is 13.8. The molecule has 0 aliphatic carbocycles. The molecule has 0 aliphatic rings. The number of hydrogen-bond acceptors (Lipinski definition) is 4. The third kappa shape index (κ3) is 6.10. The lowest BCUT2D eigenvalue weighted by atomic mass is 10.2. The van der Waals surface area contributed by atoms with Crippen LogP contribution in [-0.4, -0.2) is 41.9 Å². The Morgan fingerprint density at radius 1 is 1.35 bits per heavy atom. The van der Waals surface area contributed by atoms with Crippen LogP contribution in [0.4, 0.5) is 0 Å². The fourth-order valence-corrected chi connectivity index (χ4v) is 2.22. The third-order valence-electron chi connectivity index (χ3n) is 2.82. The SMILES string of the molecule is CSC(C)(C)CNCC(O)COc1c(Cl)cccc1Cl. The van der Waals surface area contributed by atoms with E-state index in [0.29, 0.717) is 22.3 Å². The van der Waals surface area contributed by atoms with Crippen molar-refractivity contribution >= 4 is 35.0 Å². The van der Waals surface area contributed by atoms with Gasteiger partial charge < -0.3 is 15.2 Å². The molecule has 20 heavy (non-hydrogen) atoms. The first-order valence-electron chi connectivity index (χ1n) is 6.36. The first-order chi connectivity index (χ1) is 9.35. The van der Waals surface area contributed by atoms with Gasteiger partial charge in [-0.3, -0.25) is 0 Å². The van der Waals surface area contributed by atoms with Crippen molar-refractivity contribution in [3.63, 3.8) is 0 Å². The highest BCUT2D eigenvalue weighted by molar-refractivity contribution is 7.99. The monoisotopic (exact) mass is 337 g/mol. The van der Waals surface area contributed by atoms with Crippen molar-refractivity contribution in [3.05, 3.63) is 28.2 Å². The predicted octanol–water partition coefficient (Wildman–Crippen LogP) is 3.46. The van der Waals surface area contributed by atoms with E-state index in [9.17, 15) is 5.11 Å². The average molecular weight is 338 g/mol. The Labute approximate surface area is 135 Å². The van der Waals surface area contributed by atoms with E-state index in [1.807, 2.05) is 0 Å². The van der Waals surface area contributed by atoms with Crippen LogP contribution < -0.4 is 10.1 Å². The number of ether oxygens (including phenoxy) is 1. The van der Waals surface area contributed by atoms with Crippen LogP contribution in [0.25, 0.3) is 0 Å². The maximum atomic E-state index is 9.88. The molecule has 3 nitrogen and oxygen atoms in total. The van der Waals surface area contributed by atoms with Crippen molar-refractivity contribution in [2.24, 2.45) is 0 Å². The zero-order valence-corrected chi connectivity index (χ0v) is 14.3. The summed E-state index contributed by atoms with van der Waals surface area (Å²) in [5.74, 6) is 0.416. The third-order valence-corrected chi connectivity index (χ3v) is 4.67. The number of aliphatic hydroxyl groups is 1. The van der Waals surface area contributed by atoms with Crippen molar-refractivity contribution in [3.8, 4) is 5.75 Å². The van der Waals surface area contributed by atoms with Gasteiger partial charge in [-0.05, 0) is 32.2 Å². The Bertz CT molecular complexity index is 409. The number of para-hydroxylation sites is 1. The molecular weight excluding hydrogens is 317 g/mol. The second-order valence-electron chi connectivity index (χ2n) is 5.11. The predicted molar refractivity (Wildman–Crippen MR) is 88.4 cm³/mol. The van der Waals surface area contributed by atoms with Gasteiger partial charge in [0.2, 0.25) is 0 Å². The molecule has 1 aromatic rings. The van der Waals surface area contributed by atoms with E-state index < -0.39 is 6.10 Å². The van der Waals surface area contributed by atoms with Gasteiger partial charge in [0.15, 0.2) is 5.75 Å². The summed E-state index contributed by atoms with van der Waals surface area (Å²) in [4.78, 5) is 0. The quantitative estimate of drug-likeness (QED) is 0.762. The minimum absolute atomic E-state index is 0.145. The Morgan fingerprint density at radius 3 is 2.50 bits per heavy atom. The van der Waals surface area contributed by atoms with Gasteiger partial charge in [0.25, 0.3) is 0 Å². The number of benzene rings is 1. The molecule has 0 aromatic heterocycles. The van der Waals surface area contributed by atoms with Crippen molar-refractivity contribution < 1.29 is 9.84 Å². The summed E-state index contributed by atoms with van der Waals surface area (Å²) in [5, 5.41) is 14.0. The molecular formula is C14H21Cl2NO2S. The second-order valence-corrected chi connectivity index (χ2v) is 7.44. The number of halogens is 2. The summed E-state index contributed by atoms with van der Waals surface area (Å²) in [7, 11) is 0. The standard InChI is InChI=1S/C14H21Cl2NO2S/c1-14(2,20-3)9-17-7-10(18)8-19-13-11(15)5-4-6-12(13)16/h4-6,10,17-18H,7-9H2,1-3H3. The van der Waals surface area contributed by atoms with Gasteiger partial charge in [-0.25, -0.2) is 0 Å².